The van der Waals surface area contributed by atoms with Gasteiger partial charge in [-0.1, -0.05) is 6.07 Å². The molecule has 21 heavy (non-hydrogen) atoms. The van der Waals surface area contributed by atoms with Crippen LogP contribution in [-0.2, 0) is 6.54 Å². The highest BCUT2D eigenvalue weighted by Crippen LogP contribution is 2.17. The molecular formula is C16H20N4O. The number of nitrogens with one attached hydrogen (secondary N) is 1. The molecule has 2 heterocycles. The highest BCUT2D eigenvalue weighted by atomic mass is 16.2. The second kappa shape index (κ2) is 7.38. The summed E-state index contributed by atoms with van der Waals surface area (Å²) < 4.78 is 0. The van der Waals surface area contributed by atoms with E-state index in [1.165, 1.54) is 0 Å². The number of carbonyl (C=O) groups is 1. The Morgan fingerprint density at radius 2 is 2.10 bits per heavy atom. The quantitative estimate of drug-likeness (QED) is 0.885. The normalized spacial score (nSPS) is 10.2. The van der Waals surface area contributed by atoms with Crippen molar-refractivity contribution < 1.29 is 4.79 Å². The molecule has 1 amide bonds. The predicted molar refractivity (Wildman–Crippen MR) is 83.1 cm³/mol. The van der Waals surface area contributed by atoms with E-state index in [-0.39, 0.29) is 5.91 Å². The maximum atomic E-state index is 12.7. The Labute approximate surface area is 125 Å². The molecule has 0 saturated heterocycles. The van der Waals surface area contributed by atoms with Crippen LogP contribution in [0.15, 0.2) is 42.9 Å². The summed E-state index contributed by atoms with van der Waals surface area (Å²) in [6.45, 7) is 5.84. The van der Waals surface area contributed by atoms with Crippen LogP contribution in [0.4, 0.5) is 5.69 Å². The van der Waals surface area contributed by atoms with Crippen LogP contribution >= 0.6 is 0 Å². The van der Waals surface area contributed by atoms with Crippen molar-refractivity contribution in [1.29, 1.82) is 0 Å². The summed E-state index contributed by atoms with van der Waals surface area (Å²) in [5, 5.41) is 3.17. The summed E-state index contributed by atoms with van der Waals surface area (Å²) in [7, 11) is 0. The Morgan fingerprint density at radius 1 is 1.24 bits per heavy atom. The fourth-order valence-electron chi connectivity index (χ4n) is 2.10. The molecule has 1 N–H and O–H groups in total. The van der Waals surface area contributed by atoms with Gasteiger partial charge in [-0.05, 0) is 32.0 Å². The Bertz CT molecular complexity index is 586. The number of aromatic nitrogens is 2. The van der Waals surface area contributed by atoms with Crippen molar-refractivity contribution in [2.45, 2.75) is 20.4 Å². The van der Waals surface area contributed by atoms with Gasteiger partial charge < -0.3 is 10.2 Å². The summed E-state index contributed by atoms with van der Waals surface area (Å²) in [5.41, 5.74) is 2.29. The van der Waals surface area contributed by atoms with E-state index >= 15 is 0 Å². The van der Waals surface area contributed by atoms with Crippen LogP contribution in [0.2, 0.25) is 0 Å². The Morgan fingerprint density at radius 3 is 2.76 bits per heavy atom. The van der Waals surface area contributed by atoms with Crippen LogP contribution < -0.4 is 5.32 Å². The van der Waals surface area contributed by atoms with E-state index in [9.17, 15) is 4.79 Å². The van der Waals surface area contributed by atoms with Crippen LogP contribution in [-0.4, -0.2) is 33.9 Å². The smallest absolute Gasteiger partial charge is 0.256 e. The van der Waals surface area contributed by atoms with Crippen LogP contribution in [0, 0.1) is 0 Å². The lowest BCUT2D eigenvalue weighted by Gasteiger charge is -2.22. The van der Waals surface area contributed by atoms with Gasteiger partial charge in [0.2, 0.25) is 0 Å². The third-order valence-corrected chi connectivity index (χ3v) is 3.17. The van der Waals surface area contributed by atoms with E-state index in [0.29, 0.717) is 18.7 Å². The number of pyridine rings is 2. The van der Waals surface area contributed by atoms with Crippen molar-refractivity contribution >= 4 is 11.6 Å². The summed E-state index contributed by atoms with van der Waals surface area (Å²) >= 11 is 0. The third-order valence-electron chi connectivity index (χ3n) is 3.17. The van der Waals surface area contributed by atoms with Crippen molar-refractivity contribution in [3.8, 4) is 0 Å². The monoisotopic (exact) mass is 284 g/mol. The number of carbonyl (C=O) groups excluding carboxylic acids is 1. The molecule has 0 unspecified atom stereocenters. The van der Waals surface area contributed by atoms with Gasteiger partial charge in [0, 0.05) is 25.5 Å². The largest absolute Gasteiger partial charge is 0.383 e. The Hall–Kier alpha value is -2.43. The molecule has 5 nitrogen and oxygen atoms in total. The maximum absolute atomic E-state index is 12.7. The predicted octanol–water partition coefficient (Wildman–Crippen LogP) is 2.57. The van der Waals surface area contributed by atoms with Gasteiger partial charge in [0.05, 0.1) is 29.7 Å². The molecule has 5 heteroatoms. The molecule has 0 aliphatic rings. The summed E-state index contributed by atoms with van der Waals surface area (Å²) in [6.07, 6.45) is 5.07. The zero-order valence-electron chi connectivity index (χ0n) is 12.4. The first-order valence-corrected chi connectivity index (χ1v) is 7.13. The van der Waals surface area contributed by atoms with Gasteiger partial charge in [-0.3, -0.25) is 14.8 Å². The van der Waals surface area contributed by atoms with E-state index in [1.54, 1.807) is 29.6 Å². The highest BCUT2D eigenvalue weighted by molar-refractivity contribution is 5.99. The summed E-state index contributed by atoms with van der Waals surface area (Å²) in [4.78, 5) is 22.8. The molecular weight excluding hydrogens is 264 g/mol. The van der Waals surface area contributed by atoms with E-state index in [4.69, 9.17) is 0 Å². The van der Waals surface area contributed by atoms with Gasteiger partial charge in [-0.15, -0.1) is 0 Å². The molecule has 0 radical (unpaired) electrons. The highest BCUT2D eigenvalue weighted by Gasteiger charge is 2.18. The summed E-state index contributed by atoms with van der Waals surface area (Å²) in [5.74, 6) is -0.0125. The van der Waals surface area contributed by atoms with Crippen LogP contribution in [0.5, 0.6) is 0 Å². The lowest BCUT2D eigenvalue weighted by molar-refractivity contribution is 0.0751. The minimum Gasteiger partial charge on any atom is -0.383 e. The average molecular weight is 284 g/mol. The molecule has 0 saturated carbocycles. The first-order valence-electron chi connectivity index (χ1n) is 7.13. The van der Waals surface area contributed by atoms with Gasteiger partial charge in [0.15, 0.2) is 0 Å². The lowest BCUT2D eigenvalue weighted by atomic mass is 10.2. The molecule has 2 rings (SSSR count). The van der Waals surface area contributed by atoms with Gasteiger partial charge in [-0.2, -0.15) is 0 Å². The van der Waals surface area contributed by atoms with Crippen molar-refractivity contribution in [3.63, 3.8) is 0 Å². The second-order valence-corrected chi connectivity index (χ2v) is 4.59. The number of amides is 1. The van der Waals surface area contributed by atoms with Gasteiger partial charge in [0.1, 0.15) is 0 Å². The van der Waals surface area contributed by atoms with E-state index < -0.39 is 0 Å². The number of anilines is 1. The zero-order valence-corrected chi connectivity index (χ0v) is 12.4. The molecule has 0 spiro atoms. The van der Waals surface area contributed by atoms with Crippen molar-refractivity contribution in [3.05, 3.63) is 54.1 Å². The standard InChI is InChI=1S/C16H20N4O/c1-3-18-15-11-17-10-8-14(15)16(21)20(4-2)12-13-7-5-6-9-19-13/h5-11,18H,3-4,12H2,1-2H3. The third kappa shape index (κ3) is 3.78. The van der Waals surface area contributed by atoms with Gasteiger partial charge in [0.25, 0.3) is 5.91 Å². The average Bonchev–Trinajstić information content (AvgIpc) is 2.54. The Kier molecular flexibility index (Phi) is 5.26. The molecule has 110 valence electrons. The first kappa shape index (κ1) is 15.0. The summed E-state index contributed by atoms with van der Waals surface area (Å²) in [6, 6.07) is 7.47. The lowest BCUT2D eigenvalue weighted by Crippen LogP contribution is -2.31. The van der Waals surface area contributed by atoms with E-state index in [1.807, 2.05) is 32.0 Å². The molecule has 2 aromatic heterocycles. The molecule has 0 atom stereocenters. The molecule has 0 bridgehead atoms. The molecule has 0 fully saturated rings. The van der Waals surface area contributed by atoms with E-state index in [2.05, 4.69) is 15.3 Å². The number of hydrogen-bond acceptors (Lipinski definition) is 4. The van der Waals surface area contributed by atoms with E-state index in [0.717, 1.165) is 17.9 Å². The number of rotatable bonds is 6. The van der Waals surface area contributed by atoms with Gasteiger partial charge >= 0.3 is 0 Å². The van der Waals surface area contributed by atoms with Crippen LogP contribution in [0.1, 0.15) is 29.9 Å². The topological polar surface area (TPSA) is 58.1 Å². The fourth-order valence-corrected chi connectivity index (χ4v) is 2.10. The fraction of sp³-hybridized carbons (Fsp3) is 0.312. The maximum Gasteiger partial charge on any atom is 0.256 e. The number of hydrogen-bond donors (Lipinski definition) is 1. The molecule has 0 aromatic carbocycles. The molecule has 0 aliphatic heterocycles. The van der Waals surface area contributed by atoms with Gasteiger partial charge in [-0.25, -0.2) is 0 Å². The Balaban J connectivity index is 2.20. The van der Waals surface area contributed by atoms with Crippen molar-refractivity contribution in [2.75, 3.05) is 18.4 Å². The number of nitrogens with zero attached hydrogens (tertiary/aromatic N) is 3. The van der Waals surface area contributed by atoms with Crippen molar-refractivity contribution in [1.82, 2.24) is 14.9 Å². The van der Waals surface area contributed by atoms with Crippen molar-refractivity contribution in [2.24, 2.45) is 0 Å². The van der Waals surface area contributed by atoms with Crippen LogP contribution in [0.3, 0.4) is 0 Å². The SMILES string of the molecule is CCNc1cnccc1C(=O)N(CC)Cc1ccccn1. The zero-order chi connectivity index (χ0) is 15.1. The second-order valence-electron chi connectivity index (χ2n) is 4.59. The minimum absolute atomic E-state index is 0.0125. The molecule has 2 aromatic rings. The first-order chi connectivity index (χ1) is 10.3. The molecule has 0 aliphatic carbocycles. The minimum atomic E-state index is -0.0125. The van der Waals surface area contributed by atoms with Crippen LogP contribution in [0.25, 0.3) is 0 Å².